The van der Waals surface area contributed by atoms with Gasteiger partial charge in [0.15, 0.2) is 5.58 Å². The monoisotopic (exact) mass is 425 g/mol. The van der Waals surface area contributed by atoms with Gasteiger partial charge < -0.3 is 14.2 Å². The van der Waals surface area contributed by atoms with Crippen molar-refractivity contribution in [2.24, 2.45) is 0 Å². The van der Waals surface area contributed by atoms with Crippen LogP contribution < -0.4 is 4.90 Å². The van der Waals surface area contributed by atoms with Crippen LogP contribution in [0.25, 0.3) is 43.4 Å². The predicted octanol–water partition coefficient (Wildman–Crippen LogP) is 6.13. The molecule has 0 N–H and O–H groups in total. The third-order valence-electron chi connectivity index (χ3n) is 6.25. The zero-order valence-electron chi connectivity index (χ0n) is 17.4. The molecule has 1 fully saturated rings. The molecule has 1 aliphatic rings. The molecule has 154 valence electrons. The highest BCUT2D eigenvalue weighted by Crippen LogP contribution is 2.38. The Bertz CT molecular complexity index is 1360. The fourth-order valence-electron chi connectivity index (χ4n) is 4.38. The number of likely N-dealkylation sites (N-methyl/N-ethyl adjacent to an activating group) is 1. The van der Waals surface area contributed by atoms with Crippen LogP contribution in [0.3, 0.4) is 0 Å². The first-order valence-corrected chi connectivity index (χ1v) is 11.5. The van der Waals surface area contributed by atoms with Crippen LogP contribution in [0.2, 0.25) is 0 Å². The first-order chi connectivity index (χ1) is 15.3. The Labute approximate surface area is 185 Å². The van der Waals surface area contributed by atoms with E-state index in [-0.39, 0.29) is 0 Å². The number of anilines is 1. The maximum absolute atomic E-state index is 5.94. The molecule has 4 heterocycles. The molecular formula is C26H23N3OS. The molecule has 31 heavy (non-hydrogen) atoms. The third-order valence-corrected chi connectivity index (χ3v) is 7.22. The number of hydrogen-bond donors (Lipinski definition) is 0. The van der Waals surface area contributed by atoms with Crippen LogP contribution in [-0.2, 0) is 0 Å². The molecule has 0 aliphatic carbocycles. The molecule has 2 aromatic carbocycles. The average molecular weight is 426 g/mol. The molecule has 1 saturated heterocycles. The summed E-state index contributed by atoms with van der Waals surface area (Å²) < 4.78 is 7.22. The van der Waals surface area contributed by atoms with E-state index in [4.69, 9.17) is 9.40 Å². The Hall–Kier alpha value is -3.15. The van der Waals surface area contributed by atoms with Gasteiger partial charge in [0.2, 0.25) is 0 Å². The summed E-state index contributed by atoms with van der Waals surface area (Å²) in [4.78, 5) is 9.63. The molecule has 0 spiro atoms. The molecular weight excluding hydrogens is 402 g/mol. The van der Waals surface area contributed by atoms with Gasteiger partial charge >= 0.3 is 0 Å². The van der Waals surface area contributed by atoms with E-state index in [2.05, 4.69) is 76.8 Å². The van der Waals surface area contributed by atoms with Gasteiger partial charge in [-0.15, -0.1) is 11.3 Å². The summed E-state index contributed by atoms with van der Waals surface area (Å²) in [5.41, 5.74) is 7.52. The molecule has 0 amide bonds. The Morgan fingerprint density at radius 2 is 1.71 bits per heavy atom. The van der Waals surface area contributed by atoms with E-state index in [1.807, 2.05) is 12.5 Å². The fraction of sp³-hybridized carbons (Fsp3) is 0.192. The zero-order valence-corrected chi connectivity index (χ0v) is 18.2. The largest absolute Gasteiger partial charge is 0.462 e. The van der Waals surface area contributed by atoms with Crippen molar-refractivity contribution >= 4 is 38.2 Å². The van der Waals surface area contributed by atoms with Crippen LogP contribution in [0.15, 0.2) is 76.9 Å². The number of furan rings is 1. The van der Waals surface area contributed by atoms with Gasteiger partial charge in [0.25, 0.3) is 0 Å². The van der Waals surface area contributed by atoms with Crippen molar-refractivity contribution in [2.75, 3.05) is 38.1 Å². The molecule has 0 atom stereocenters. The number of fused-ring (bicyclic) bond motifs is 2. The smallest absolute Gasteiger partial charge is 0.153 e. The Balaban J connectivity index is 1.31. The van der Waals surface area contributed by atoms with Crippen molar-refractivity contribution in [3.63, 3.8) is 0 Å². The van der Waals surface area contributed by atoms with E-state index in [1.165, 1.54) is 21.3 Å². The zero-order chi connectivity index (χ0) is 20.8. The molecule has 1 aliphatic heterocycles. The Morgan fingerprint density at radius 1 is 0.903 bits per heavy atom. The molecule has 0 bridgehead atoms. The first-order valence-electron chi connectivity index (χ1n) is 10.6. The van der Waals surface area contributed by atoms with Crippen molar-refractivity contribution in [1.29, 1.82) is 0 Å². The summed E-state index contributed by atoms with van der Waals surface area (Å²) in [7, 11) is 2.19. The summed E-state index contributed by atoms with van der Waals surface area (Å²) in [6, 6.07) is 19.4. The second-order valence-corrected chi connectivity index (χ2v) is 9.11. The number of pyridine rings is 1. The highest BCUT2D eigenvalue weighted by atomic mass is 32.1. The molecule has 6 rings (SSSR count). The third kappa shape index (κ3) is 3.30. The number of rotatable bonds is 3. The van der Waals surface area contributed by atoms with Gasteiger partial charge in [-0.3, -0.25) is 4.98 Å². The van der Waals surface area contributed by atoms with Gasteiger partial charge in [-0.2, -0.15) is 0 Å². The van der Waals surface area contributed by atoms with E-state index in [0.29, 0.717) is 0 Å². The predicted molar refractivity (Wildman–Crippen MR) is 130 cm³/mol. The minimum Gasteiger partial charge on any atom is -0.462 e. The number of thiophene rings is 1. The van der Waals surface area contributed by atoms with Crippen molar-refractivity contribution < 1.29 is 4.42 Å². The van der Waals surface area contributed by atoms with Crippen molar-refractivity contribution in [3.05, 3.63) is 72.4 Å². The van der Waals surface area contributed by atoms with E-state index >= 15 is 0 Å². The molecule has 0 radical (unpaired) electrons. The lowest BCUT2D eigenvalue weighted by atomic mass is 10.0. The number of piperazine rings is 1. The molecule has 5 aromatic rings. The van der Waals surface area contributed by atoms with Crippen LogP contribution in [0.5, 0.6) is 0 Å². The maximum Gasteiger partial charge on any atom is 0.153 e. The molecule has 0 unspecified atom stereocenters. The Morgan fingerprint density at radius 3 is 2.55 bits per heavy atom. The fourth-order valence-corrected chi connectivity index (χ4v) is 5.34. The lowest BCUT2D eigenvalue weighted by Gasteiger charge is -2.34. The highest BCUT2D eigenvalue weighted by molar-refractivity contribution is 7.17. The first kappa shape index (κ1) is 18.6. The summed E-state index contributed by atoms with van der Waals surface area (Å²) in [6.07, 6.45) is 3.80. The molecule has 4 nitrogen and oxygen atoms in total. The van der Waals surface area contributed by atoms with Crippen LogP contribution in [0.1, 0.15) is 0 Å². The van der Waals surface area contributed by atoms with Gasteiger partial charge in [-0.05, 0) is 42.3 Å². The summed E-state index contributed by atoms with van der Waals surface area (Å²) >= 11 is 1.76. The number of aromatic nitrogens is 1. The topological polar surface area (TPSA) is 32.5 Å². The summed E-state index contributed by atoms with van der Waals surface area (Å²) in [5, 5.41) is 3.45. The quantitative estimate of drug-likeness (QED) is 0.348. The van der Waals surface area contributed by atoms with Crippen LogP contribution in [-0.4, -0.2) is 43.1 Å². The van der Waals surface area contributed by atoms with Gasteiger partial charge in [0.1, 0.15) is 11.8 Å². The molecule has 3 aromatic heterocycles. The van der Waals surface area contributed by atoms with E-state index in [9.17, 15) is 0 Å². The minimum atomic E-state index is 0.825. The normalized spacial score (nSPS) is 15.2. The Kier molecular flexibility index (Phi) is 4.51. The van der Waals surface area contributed by atoms with Crippen molar-refractivity contribution in [2.45, 2.75) is 0 Å². The SMILES string of the molecule is CN1CCN(c2ccc(-c3cnc4c(-c5csc6ccccc56)coc4c3)cc2)CC1. The van der Waals surface area contributed by atoms with Gasteiger partial charge in [0.05, 0.1) is 0 Å². The van der Waals surface area contributed by atoms with Crippen LogP contribution in [0.4, 0.5) is 5.69 Å². The second-order valence-electron chi connectivity index (χ2n) is 8.20. The van der Waals surface area contributed by atoms with Gasteiger partial charge in [-0.25, -0.2) is 0 Å². The average Bonchev–Trinajstić information content (AvgIpc) is 3.43. The number of benzene rings is 2. The van der Waals surface area contributed by atoms with Crippen LogP contribution in [0, 0.1) is 0 Å². The van der Waals surface area contributed by atoms with Gasteiger partial charge in [0, 0.05) is 64.8 Å². The lowest BCUT2D eigenvalue weighted by Crippen LogP contribution is -2.44. The van der Waals surface area contributed by atoms with Crippen molar-refractivity contribution in [3.8, 4) is 22.3 Å². The molecule has 0 saturated carbocycles. The summed E-state index contributed by atoms with van der Waals surface area (Å²) in [6.45, 7) is 4.39. The van der Waals surface area contributed by atoms with Crippen molar-refractivity contribution in [1.82, 2.24) is 9.88 Å². The second kappa shape index (κ2) is 7.52. The number of nitrogens with zero attached hydrogens (tertiary/aromatic N) is 3. The standard InChI is InChI=1S/C26H23N3OS/c1-28-10-12-29(13-11-28)20-8-6-18(7-9-20)19-14-24-26(27-15-19)22(16-30-24)23-17-31-25-5-3-2-4-21(23)25/h2-9,14-17H,10-13H2,1H3. The van der Waals surface area contributed by atoms with E-state index in [1.54, 1.807) is 11.3 Å². The highest BCUT2D eigenvalue weighted by Gasteiger charge is 2.16. The van der Waals surface area contributed by atoms with Gasteiger partial charge in [-0.1, -0.05) is 30.3 Å². The molecule has 5 heteroatoms. The maximum atomic E-state index is 5.94. The van der Waals surface area contributed by atoms with E-state index < -0.39 is 0 Å². The van der Waals surface area contributed by atoms with Crippen LogP contribution >= 0.6 is 11.3 Å². The number of hydrogen-bond acceptors (Lipinski definition) is 5. The summed E-state index contributed by atoms with van der Waals surface area (Å²) in [5.74, 6) is 0. The van der Waals surface area contributed by atoms with E-state index in [0.717, 1.165) is 54.0 Å². The minimum absolute atomic E-state index is 0.825. The lowest BCUT2D eigenvalue weighted by molar-refractivity contribution is 0.313.